The summed E-state index contributed by atoms with van der Waals surface area (Å²) in [6.45, 7) is 0.527. The van der Waals surface area contributed by atoms with Crippen LogP contribution in [0.1, 0.15) is 15.9 Å². The lowest BCUT2D eigenvalue weighted by molar-refractivity contribution is 0.100. The molecule has 0 unspecified atom stereocenters. The van der Waals surface area contributed by atoms with E-state index in [2.05, 4.69) is 10.6 Å². The summed E-state index contributed by atoms with van der Waals surface area (Å²) in [7, 11) is 0. The maximum Gasteiger partial charge on any atom is 0.249 e. The molecular formula is C20H13Cl2N2O. The van der Waals surface area contributed by atoms with Crippen LogP contribution in [-0.2, 0) is 6.54 Å². The Morgan fingerprint density at radius 1 is 1.08 bits per heavy atom. The molecule has 123 valence electrons. The zero-order chi connectivity index (χ0) is 17.6. The number of fused-ring (bicyclic) bond motifs is 3. The predicted molar refractivity (Wildman–Crippen MR) is 102 cm³/mol. The van der Waals surface area contributed by atoms with Crippen molar-refractivity contribution in [3.8, 4) is 0 Å². The second-order valence-corrected chi connectivity index (χ2v) is 6.66. The molecule has 25 heavy (non-hydrogen) atoms. The van der Waals surface area contributed by atoms with Crippen molar-refractivity contribution in [3.05, 3.63) is 81.8 Å². The fraction of sp³-hybridized carbons (Fsp3) is 0.0500. The molecule has 4 rings (SSSR count). The highest BCUT2D eigenvalue weighted by Gasteiger charge is 2.17. The summed E-state index contributed by atoms with van der Waals surface area (Å²) in [6, 6.07) is 19.9. The van der Waals surface area contributed by atoms with Gasteiger partial charge in [0.05, 0.1) is 11.0 Å². The zero-order valence-electron chi connectivity index (χ0n) is 13.1. The molecule has 0 bridgehead atoms. The minimum atomic E-state index is -0.456. The lowest BCUT2D eigenvalue weighted by Crippen LogP contribution is -2.11. The number of carbonyl (C=O) groups is 1. The fourth-order valence-corrected chi connectivity index (χ4v) is 3.59. The number of nitrogens with zero attached hydrogens (tertiary/aromatic N) is 1. The molecule has 1 heterocycles. The summed E-state index contributed by atoms with van der Waals surface area (Å²) >= 11 is 12.5. The van der Waals surface area contributed by atoms with Crippen LogP contribution >= 0.6 is 23.2 Å². The first-order valence-electron chi connectivity index (χ1n) is 7.71. The summed E-state index contributed by atoms with van der Waals surface area (Å²) in [6.07, 6.45) is 0. The minimum Gasteiger partial charge on any atom is -0.366 e. The summed E-state index contributed by atoms with van der Waals surface area (Å²) in [4.78, 5) is 11.9. The highest BCUT2D eigenvalue weighted by Crippen LogP contribution is 2.33. The Morgan fingerprint density at radius 2 is 1.88 bits per heavy atom. The number of hydrogen-bond acceptors (Lipinski definition) is 1. The van der Waals surface area contributed by atoms with Gasteiger partial charge < -0.3 is 10.3 Å². The monoisotopic (exact) mass is 367 g/mol. The van der Waals surface area contributed by atoms with Crippen molar-refractivity contribution >= 4 is 50.9 Å². The number of primary amides is 1. The molecule has 1 amide bonds. The number of amides is 1. The third-order valence-electron chi connectivity index (χ3n) is 4.31. The quantitative estimate of drug-likeness (QED) is 0.541. The molecule has 0 saturated carbocycles. The van der Waals surface area contributed by atoms with E-state index in [1.807, 2.05) is 36.4 Å². The second-order valence-electron chi connectivity index (χ2n) is 5.82. The van der Waals surface area contributed by atoms with Gasteiger partial charge in [-0.05, 0) is 48.0 Å². The Morgan fingerprint density at radius 3 is 2.68 bits per heavy atom. The zero-order valence-corrected chi connectivity index (χ0v) is 14.6. The van der Waals surface area contributed by atoms with Crippen molar-refractivity contribution in [1.82, 2.24) is 4.57 Å². The Labute approximate surface area is 154 Å². The molecule has 4 aromatic rings. The minimum absolute atomic E-state index is 0.456. The SMILES string of the molecule is NC(=O)c1cccc2c1c1[c]cccc1n2Cc1cc(Cl)ccc1Cl. The van der Waals surface area contributed by atoms with Gasteiger partial charge in [-0.1, -0.05) is 41.4 Å². The van der Waals surface area contributed by atoms with Crippen LogP contribution in [0.4, 0.5) is 0 Å². The van der Waals surface area contributed by atoms with Gasteiger partial charge in [-0.3, -0.25) is 4.79 Å². The van der Waals surface area contributed by atoms with Gasteiger partial charge in [0.15, 0.2) is 0 Å². The van der Waals surface area contributed by atoms with E-state index in [0.29, 0.717) is 22.2 Å². The van der Waals surface area contributed by atoms with Crippen molar-refractivity contribution in [3.63, 3.8) is 0 Å². The number of hydrogen-bond donors (Lipinski definition) is 1. The van der Waals surface area contributed by atoms with E-state index >= 15 is 0 Å². The van der Waals surface area contributed by atoms with Gasteiger partial charge in [-0.2, -0.15) is 0 Å². The van der Waals surface area contributed by atoms with Gasteiger partial charge in [0, 0.05) is 32.9 Å². The maximum atomic E-state index is 11.9. The van der Waals surface area contributed by atoms with Crippen LogP contribution in [-0.4, -0.2) is 10.5 Å². The number of aromatic nitrogens is 1. The molecule has 5 heteroatoms. The van der Waals surface area contributed by atoms with Gasteiger partial charge in [0.1, 0.15) is 0 Å². The largest absolute Gasteiger partial charge is 0.366 e. The van der Waals surface area contributed by atoms with Crippen LogP contribution < -0.4 is 5.73 Å². The Bertz CT molecular complexity index is 1130. The van der Waals surface area contributed by atoms with E-state index in [4.69, 9.17) is 28.9 Å². The highest BCUT2D eigenvalue weighted by molar-refractivity contribution is 6.33. The van der Waals surface area contributed by atoms with Gasteiger partial charge >= 0.3 is 0 Å². The molecule has 3 nitrogen and oxygen atoms in total. The fourth-order valence-electron chi connectivity index (χ4n) is 3.22. The van der Waals surface area contributed by atoms with Crippen molar-refractivity contribution < 1.29 is 4.79 Å². The summed E-state index contributed by atoms with van der Waals surface area (Å²) in [5.74, 6) is -0.456. The Balaban J connectivity index is 2.04. The van der Waals surface area contributed by atoms with Gasteiger partial charge in [-0.15, -0.1) is 0 Å². The van der Waals surface area contributed by atoms with E-state index in [9.17, 15) is 4.79 Å². The first-order valence-corrected chi connectivity index (χ1v) is 8.47. The van der Waals surface area contributed by atoms with Crippen LogP contribution in [0.5, 0.6) is 0 Å². The van der Waals surface area contributed by atoms with Gasteiger partial charge in [-0.25, -0.2) is 0 Å². The van der Waals surface area contributed by atoms with Crippen molar-refractivity contribution in [2.75, 3.05) is 0 Å². The van der Waals surface area contributed by atoms with E-state index in [-0.39, 0.29) is 0 Å². The van der Waals surface area contributed by atoms with Crippen molar-refractivity contribution in [1.29, 1.82) is 0 Å². The molecule has 3 aromatic carbocycles. The molecule has 0 aliphatic carbocycles. The van der Waals surface area contributed by atoms with Crippen LogP contribution in [0.15, 0.2) is 54.6 Å². The number of nitrogens with two attached hydrogens (primary N) is 1. The molecule has 0 saturated heterocycles. The van der Waals surface area contributed by atoms with E-state index < -0.39 is 5.91 Å². The summed E-state index contributed by atoms with van der Waals surface area (Å²) in [5, 5.41) is 2.95. The second kappa shape index (κ2) is 6.10. The van der Waals surface area contributed by atoms with Crippen LogP contribution in [0.25, 0.3) is 21.8 Å². The number of rotatable bonds is 3. The Hall–Kier alpha value is -2.49. The molecule has 1 radical (unpaired) electrons. The number of benzene rings is 3. The number of carbonyl (C=O) groups excluding carboxylic acids is 1. The molecule has 0 fully saturated rings. The van der Waals surface area contributed by atoms with Gasteiger partial charge in [0.2, 0.25) is 5.91 Å². The molecule has 0 aliphatic rings. The van der Waals surface area contributed by atoms with Gasteiger partial charge in [0.25, 0.3) is 0 Å². The van der Waals surface area contributed by atoms with Crippen LogP contribution in [0.2, 0.25) is 10.0 Å². The standard InChI is InChI=1S/C20H13Cl2N2O/c21-13-8-9-16(22)12(10-13)11-24-17-6-2-1-4-14(17)19-15(20(23)25)5-3-7-18(19)24/h1-3,5-10H,11H2,(H2,23,25). The third-order valence-corrected chi connectivity index (χ3v) is 4.91. The predicted octanol–water partition coefficient (Wildman–Crippen LogP) is 5.05. The van der Waals surface area contributed by atoms with E-state index in [1.54, 1.807) is 18.2 Å². The third kappa shape index (κ3) is 2.66. The average molecular weight is 368 g/mol. The molecule has 2 N–H and O–H groups in total. The first kappa shape index (κ1) is 16.0. The molecule has 0 atom stereocenters. The first-order chi connectivity index (χ1) is 12.1. The molecule has 0 aliphatic heterocycles. The molecule has 1 aromatic heterocycles. The van der Waals surface area contributed by atoms with Crippen LogP contribution in [0.3, 0.4) is 0 Å². The molecular weight excluding hydrogens is 355 g/mol. The smallest absolute Gasteiger partial charge is 0.249 e. The van der Waals surface area contributed by atoms with Crippen LogP contribution in [0, 0.1) is 6.07 Å². The Kier molecular flexibility index (Phi) is 3.91. The number of halogens is 2. The van der Waals surface area contributed by atoms with E-state index in [0.717, 1.165) is 27.4 Å². The lowest BCUT2D eigenvalue weighted by Gasteiger charge is -2.10. The summed E-state index contributed by atoms with van der Waals surface area (Å²) < 4.78 is 2.10. The summed E-state index contributed by atoms with van der Waals surface area (Å²) in [5.41, 5.74) is 8.83. The van der Waals surface area contributed by atoms with Crippen molar-refractivity contribution in [2.24, 2.45) is 5.73 Å². The molecule has 0 spiro atoms. The highest BCUT2D eigenvalue weighted by atomic mass is 35.5. The van der Waals surface area contributed by atoms with E-state index in [1.165, 1.54) is 0 Å². The average Bonchev–Trinajstić information content (AvgIpc) is 2.92. The maximum absolute atomic E-state index is 11.9. The lowest BCUT2D eigenvalue weighted by atomic mass is 10.1. The normalized spacial score (nSPS) is 11.3. The van der Waals surface area contributed by atoms with Crippen molar-refractivity contribution in [2.45, 2.75) is 6.54 Å². The topological polar surface area (TPSA) is 48.0 Å².